The van der Waals surface area contributed by atoms with E-state index in [0.29, 0.717) is 16.7 Å². The van der Waals surface area contributed by atoms with Gasteiger partial charge in [-0.05, 0) is 108 Å². The summed E-state index contributed by atoms with van der Waals surface area (Å²) in [4.78, 5) is 0. The lowest BCUT2D eigenvalue weighted by Gasteiger charge is -2.57. The quantitative estimate of drug-likeness (QED) is 0.390. The van der Waals surface area contributed by atoms with Crippen LogP contribution in [0.25, 0.3) is 5.57 Å². The summed E-state index contributed by atoms with van der Waals surface area (Å²) in [5.41, 5.74) is 7.94. The van der Waals surface area contributed by atoms with Gasteiger partial charge < -0.3 is 5.41 Å². The highest BCUT2D eigenvalue weighted by Crippen LogP contribution is 2.66. The molecule has 2 saturated carbocycles. The second kappa shape index (κ2) is 7.21. The van der Waals surface area contributed by atoms with Crippen molar-refractivity contribution in [3.05, 3.63) is 52.6 Å². The first-order valence-corrected chi connectivity index (χ1v) is 12.4. The molecule has 2 fully saturated rings. The summed E-state index contributed by atoms with van der Waals surface area (Å²) in [6, 6.07) is 6.92. The zero-order chi connectivity index (χ0) is 21.1. The Morgan fingerprint density at radius 1 is 1.00 bits per heavy atom. The number of hydrogen-bond acceptors (Lipinski definition) is 1. The van der Waals surface area contributed by atoms with E-state index in [0.717, 1.165) is 23.3 Å². The summed E-state index contributed by atoms with van der Waals surface area (Å²) in [6.07, 6.45) is 17.7. The van der Waals surface area contributed by atoms with Gasteiger partial charge in [0.05, 0.1) is 0 Å². The highest BCUT2D eigenvalue weighted by molar-refractivity contribution is 5.83. The van der Waals surface area contributed by atoms with Crippen molar-refractivity contribution in [3.63, 3.8) is 0 Å². The van der Waals surface area contributed by atoms with Crippen LogP contribution in [0.2, 0.25) is 0 Å². The molecule has 160 valence electrons. The van der Waals surface area contributed by atoms with Crippen LogP contribution in [0, 0.1) is 34.0 Å². The van der Waals surface area contributed by atoms with Crippen LogP contribution in [0.1, 0.15) is 102 Å². The molecule has 4 aliphatic carbocycles. The van der Waals surface area contributed by atoms with E-state index in [1.165, 1.54) is 62.5 Å². The number of benzene rings is 1. The molecule has 0 saturated heterocycles. The van der Waals surface area contributed by atoms with Crippen molar-refractivity contribution in [1.82, 2.24) is 0 Å². The third-order valence-electron chi connectivity index (χ3n) is 9.77. The third-order valence-corrected chi connectivity index (χ3v) is 9.77. The van der Waals surface area contributed by atoms with E-state index in [-0.39, 0.29) is 0 Å². The predicted octanol–water partition coefficient (Wildman–Crippen LogP) is 8.15. The van der Waals surface area contributed by atoms with Crippen LogP contribution in [-0.4, -0.2) is 6.21 Å². The molecule has 0 aromatic heterocycles. The minimum absolute atomic E-state index is 0.302. The fourth-order valence-electron chi connectivity index (χ4n) is 8.11. The largest absolute Gasteiger partial charge is 0.308 e. The van der Waals surface area contributed by atoms with Crippen molar-refractivity contribution in [2.24, 2.45) is 28.6 Å². The van der Waals surface area contributed by atoms with Gasteiger partial charge in [-0.2, -0.15) is 0 Å². The molecule has 1 aromatic rings. The van der Waals surface area contributed by atoms with Gasteiger partial charge in [-0.1, -0.05) is 64.0 Å². The summed E-state index contributed by atoms with van der Waals surface area (Å²) < 4.78 is 0. The summed E-state index contributed by atoms with van der Waals surface area (Å²) >= 11 is 0. The zero-order valence-electron chi connectivity index (χ0n) is 19.4. The van der Waals surface area contributed by atoms with E-state index in [1.807, 2.05) is 5.57 Å². The lowest BCUT2D eigenvalue weighted by atomic mass is 9.47. The van der Waals surface area contributed by atoms with Gasteiger partial charge in [-0.25, -0.2) is 0 Å². The number of allylic oxidation sites excluding steroid dienone is 4. The van der Waals surface area contributed by atoms with Crippen molar-refractivity contribution in [3.8, 4) is 0 Å². The number of fused-ring (bicyclic) bond motifs is 5. The van der Waals surface area contributed by atoms with E-state index in [1.54, 1.807) is 11.8 Å². The number of rotatable bonds is 3. The predicted molar refractivity (Wildman–Crippen MR) is 128 cm³/mol. The van der Waals surface area contributed by atoms with Crippen molar-refractivity contribution < 1.29 is 0 Å². The van der Waals surface area contributed by atoms with Crippen LogP contribution in [0.15, 0.2) is 35.9 Å². The van der Waals surface area contributed by atoms with Gasteiger partial charge in [-0.15, -0.1) is 0 Å². The molecule has 0 heterocycles. The topological polar surface area (TPSA) is 23.9 Å². The van der Waals surface area contributed by atoms with Crippen LogP contribution < -0.4 is 0 Å². The van der Waals surface area contributed by atoms with Gasteiger partial charge in [0.1, 0.15) is 0 Å². The maximum Gasteiger partial charge on any atom is 0.0253 e. The molecule has 0 aliphatic heterocycles. The fourth-order valence-corrected chi connectivity index (χ4v) is 8.11. The molecule has 4 aliphatic rings. The Labute approximate surface area is 183 Å². The molecule has 1 nitrogen and oxygen atoms in total. The van der Waals surface area contributed by atoms with Crippen molar-refractivity contribution in [1.29, 1.82) is 5.41 Å². The lowest BCUT2D eigenvalue weighted by Crippen LogP contribution is -2.48. The van der Waals surface area contributed by atoms with E-state index < -0.39 is 0 Å². The van der Waals surface area contributed by atoms with E-state index in [9.17, 15) is 0 Å². The Morgan fingerprint density at radius 3 is 2.60 bits per heavy atom. The van der Waals surface area contributed by atoms with Gasteiger partial charge in [-0.3, -0.25) is 0 Å². The maximum absolute atomic E-state index is 7.95. The maximum atomic E-state index is 7.95. The van der Waals surface area contributed by atoms with Gasteiger partial charge in [0.15, 0.2) is 0 Å². The number of nitrogens with one attached hydrogen (secondary N) is 1. The normalized spacial score (nSPS) is 37.7. The fraction of sp³-hybridized carbons (Fsp3) is 0.621. The molecule has 30 heavy (non-hydrogen) atoms. The number of hydrogen-bond donors (Lipinski definition) is 1. The van der Waals surface area contributed by atoms with Crippen LogP contribution in [0.5, 0.6) is 0 Å². The molecular weight excluding hydrogens is 362 g/mol. The second-order valence-corrected chi connectivity index (χ2v) is 11.4. The molecule has 0 spiro atoms. The molecule has 0 amide bonds. The standard InChI is InChI=1S/C29H39N/c1-19(2)23-10-8-20(17-21(23)18-30)25-12-13-26-24-11-9-22-7-5-6-15-28(22,3)27(24)14-16-29(25,26)4/h8-10,12,17-19,24,26-27,30H,5-7,11,13-16H2,1-4H3. The van der Waals surface area contributed by atoms with E-state index >= 15 is 0 Å². The Hall–Kier alpha value is -1.63. The van der Waals surface area contributed by atoms with Crippen molar-refractivity contribution in [2.45, 2.75) is 85.0 Å². The molecule has 1 N–H and O–H groups in total. The van der Waals surface area contributed by atoms with Crippen molar-refractivity contribution >= 4 is 11.8 Å². The molecule has 5 unspecified atom stereocenters. The second-order valence-electron chi connectivity index (χ2n) is 11.4. The monoisotopic (exact) mass is 401 g/mol. The molecule has 5 atom stereocenters. The summed E-state index contributed by atoms with van der Waals surface area (Å²) in [6.45, 7) is 9.63. The Balaban J connectivity index is 1.47. The molecule has 0 bridgehead atoms. The molecule has 5 rings (SSSR count). The first-order chi connectivity index (χ1) is 14.4. The lowest BCUT2D eigenvalue weighted by molar-refractivity contribution is -0.00980. The minimum atomic E-state index is 0.302. The minimum Gasteiger partial charge on any atom is -0.308 e. The average molecular weight is 402 g/mol. The van der Waals surface area contributed by atoms with Crippen LogP contribution in [0.4, 0.5) is 0 Å². The third kappa shape index (κ3) is 2.84. The molecular formula is C29H39N. The summed E-state index contributed by atoms with van der Waals surface area (Å²) in [5.74, 6) is 2.99. The van der Waals surface area contributed by atoms with Crippen LogP contribution in [-0.2, 0) is 0 Å². The highest BCUT2D eigenvalue weighted by atomic mass is 14.6. The SMILES string of the molecule is CC(C)c1ccc(C2=CCC3C4CC=C5CCCCC5(C)C4CCC23C)cc1C=N. The van der Waals surface area contributed by atoms with E-state index in [4.69, 9.17) is 5.41 Å². The molecule has 1 heteroatoms. The van der Waals surface area contributed by atoms with Gasteiger partial charge in [0.25, 0.3) is 0 Å². The summed E-state index contributed by atoms with van der Waals surface area (Å²) in [7, 11) is 0. The summed E-state index contributed by atoms with van der Waals surface area (Å²) in [5, 5.41) is 7.95. The highest BCUT2D eigenvalue weighted by Gasteiger charge is 2.56. The molecule has 1 aromatic carbocycles. The van der Waals surface area contributed by atoms with Gasteiger partial charge >= 0.3 is 0 Å². The van der Waals surface area contributed by atoms with Gasteiger partial charge in [0, 0.05) is 6.21 Å². The Bertz CT molecular complexity index is 918. The average Bonchev–Trinajstić information content (AvgIpc) is 3.10. The van der Waals surface area contributed by atoms with Crippen LogP contribution >= 0.6 is 0 Å². The Kier molecular flexibility index (Phi) is 4.88. The first-order valence-electron chi connectivity index (χ1n) is 12.4. The molecule has 0 radical (unpaired) electrons. The first kappa shape index (κ1) is 20.3. The van der Waals surface area contributed by atoms with Crippen molar-refractivity contribution in [2.75, 3.05) is 0 Å². The smallest absolute Gasteiger partial charge is 0.0253 e. The van der Waals surface area contributed by atoms with E-state index in [2.05, 4.69) is 58.0 Å². The Morgan fingerprint density at radius 2 is 1.83 bits per heavy atom. The zero-order valence-corrected chi connectivity index (χ0v) is 19.4. The van der Waals surface area contributed by atoms with Crippen LogP contribution in [0.3, 0.4) is 0 Å². The van der Waals surface area contributed by atoms with Gasteiger partial charge in [0.2, 0.25) is 0 Å².